The molecule has 2 aromatic rings. The van der Waals surface area contributed by atoms with Crippen LogP contribution in [0.1, 0.15) is 5.56 Å². The third-order valence-electron chi connectivity index (χ3n) is 2.24. The van der Waals surface area contributed by atoms with Gasteiger partial charge in [-0.15, -0.1) is 0 Å². The van der Waals surface area contributed by atoms with E-state index in [-0.39, 0.29) is 11.6 Å². The van der Waals surface area contributed by atoms with Gasteiger partial charge in [0.2, 0.25) is 0 Å². The third-order valence-corrected chi connectivity index (χ3v) is 2.55. The number of halogens is 1. The summed E-state index contributed by atoms with van der Waals surface area (Å²) >= 11 is 5.96. The van der Waals surface area contributed by atoms with Crippen molar-refractivity contribution >= 4 is 17.3 Å². The largest absolute Gasteiger partial charge is 0.432 e. The standard InChI is InChI=1S/C12H9ClN2O3/c1-8-4-5-9(13)11(7-8)18-12-10(15(16)17)3-2-6-14-12/h2-7H,1H3. The molecule has 0 aliphatic heterocycles. The van der Waals surface area contributed by atoms with Gasteiger partial charge >= 0.3 is 5.69 Å². The van der Waals surface area contributed by atoms with Crippen molar-refractivity contribution in [2.75, 3.05) is 0 Å². The maximum Gasteiger partial charge on any atom is 0.331 e. The third kappa shape index (κ3) is 2.57. The number of hydrogen-bond donors (Lipinski definition) is 0. The SMILES string of the molecule is Cc1ccc(Cl)c(Oc2ncccc2[N+](=O)[O-])c1. The normalized spacial score (nSPS) is 10.1. The lowest BCUT2D eigenvalue weighted by molar-refractivity contribution is -0.386. The average Bonchev–Trinajstić information content (AvgIpc) is 2.34. The van der Waals surface area contributed by atoms with Crippen molar-refractivity contribution in [3.05, 3.63) is 57.2 Å². The van der Waals surface area contributed by atoms with E-state index >= 15 is 0 Å². The molecule has 6 heteroatoms. The summed E-state index contributed by atoms with van der Waals surface area (Å²) in [6.45, 7) is 1.87. The Morgan fingerprint density at radius 1 is 1.39 bits per heavy atom. The Bertz CT molecular complexity index is 602. The van der Waals surface area contributed by atoms with Crippen LogP contribution in [0.2, 0.25) is 5.02 Å². The van der Waals surface area contributed by atoms with Gasteiger partial charge in [0.25, 0.3) is 5.88 Å². The molecule has 0 amide bonds. The molecule has 0 unspecified atom stereocenters. The lowest BCUT2D eigenvalue weighted by Gasteiger charge is -2.07. The summed E-state index contributed by atoms with van der Waals surface area (Å²) in [7, 11) is 0. The van der Waals surface area contributed by atoms with Crippen LogP contribution in [0.5, 0.6) is 11.6 Å². The van der Waals surface area contributed by atoms with E-state index in [2.05, 4.69) is 4.98 Å². The Balaban J connectivity index is 2.40. The lowest BCUT2D eigenvalue weighted by atomic mass is 10.2. The summed E-state index contributed by atoms with van der Waals surface area (Å²) in [5.41, 5.74) is 0.739. The summed E-state index contributed by atoms with van der Waals surface area (Å²) in [6, 6.07) is 7.98. The first-order valence-corrected chi connectivity index (χ1v) is 5.49. The molecule has 0 fully saturated rings. The summed E-state index contributed by atoms with van der Waals surface area (Å²) in [5, 5.41) is 11.2. The molecule has 18 heavy (non-hydrogen) atoms. The van der Waals surface area contributed by atoms with Gasteiger partial charge in [-0.2, -0.15) is 0 Å². The van der Waals surface area contributed by atoms with Crippen LogP contribution in [-0.2, 0) is 0 Å². The number of ether oxygens (including phenoxy) is 1. The molecular formula is C12H9ClN2O3. The first kappa shape index (κ1) is 12.3. The molecule has 0 aliphatic rings. The first-order valence-electron chi connectivity index (χ1n) is 5.11. The Kier molecular flexibility index (Phi) is 3.43. The number of hydrogen-bond acceptors (Lipinski definition) is 4. The van der Waals surface area contributed by atoms with Crippen LogP contribution in [0.25, 0.3) is 0 Å². The number of nitrogens with zero attached hydrogens (tertiary/aromatic N) is 2. The van der Waals surface area contributed by atoms with Crippen LogP contribution in [-0.4, -0.2) is 9.91 Å². The van der Waals surface area contributed by atoms with Crippen LogP contribution in [0.3, 0.4) is 0 Å². The Morgan fingerprint density at radius 3 is 2.89 bits per heavy atom. The lowest BCUT2D eigenvalue weighted by Crippen LogP contribution is -1.96. The van der Waals surface area contributed by atoms with Crippen LogP contribution in [0, 0.1) is 17.0 Å². The number of pyridine rings is 1. The number of aromatic nitrogens is 1. The second-order valence-electron chi connectivity index (χ2n) is 3.62. The number of benzene rings is 1. The van der Waals surface area contributed by atoms with E-state index in [1.165, 1.54) is 18.3 Å². The number of aryl methyl sites for hydroxylation is 1. The minimum Gasteiger partial charge on any atom is -0.432 e. The highest BCUT2D eigenvalue weighted by Crippen LogP contribution is 2.33. The van der Waals surface area contributed by atoms with Crippen molar-refractivity contribution in [1.82, 2.24) is 4.98 Å². The van der Waals surface area contributed by atoms with E-state index in [4.69, 9.17) is 16.3 Å². The van der Waals surface area contributed by atoms with E-state index in [0.717, 1.165) is 5.56 Å². The predicted molar refractivity (Wildman–Crippen MR) is 67.2 cm³/mol. The van der Waals surface area contributed by atoms with Gasteiger partial charge in [-0.05, 0) is 30.7 Å². The van der Waals surface area contributed by atoms with Crippen LogP contribution >= 0.6 is 11.6 Å². The molecule has 0 radical (unpaired) electrons. The van der Waals surface area contributed by atoms with Gasteiger partial charge in [0, 0.05) is 12.3 Å². The molecule has 0 bridgehead atoms. The average molecular weight is 265 g/mol. The van der Waals surface area contributed by atoms with Gasteiger partial charge in [-0.25, -0.2) is 4.98 Å². The molecule has 1 aromatic heterocycles. The minimum absolute atomic E-state index is 0.0741. The molecular weight excluding hydrogens is 256 g/mol. The Labute approximate surface area is 108 Å². The topological polar surface area (TPSA) is 65.3 Å². The monoisotopic (exact) mass is 264 g/mol. The number of rotatable bonds is 3. The zero-order chi connectivity index (χ0) is 13.1. The highest BCUT2D eigenvalue weighted by atomic mass is 35.5. The molecule has 0 saturated carbocycles. The van der Waals surface area contributed by atoms with Crippen LogP contribution < -0.4 is 4.74 Å². The van der Waals surface area contributed by atoms with Crippen LogP contribution in [0.15, 0.2) is 36.5 Å². The summed E-state index contributed by atoms with van der Waals surface area (Å²) in [6.07, 6.45) is 1.42. The molecule has 0 atom stereocenters. The van der Waals surface area contributed by atoms with Crippen molar-refractivity contribution in [1.29, 1.82) is 0 Å². The van der Waals surface area contributed by atoms with Crippen molar-refractivity contribution < 1.29 is 9.66 Å². The highest BCUT2D eigenvalue weighted by molar-refractivity contribution is 6.32. The molecule has 1 heterocycles. The van der Waals surface area contributed by atoms with E-state index in [1.54, 1.807) is 12.1 Å². The van der Waals surface area contributed by atoms with Gasteiger partial charge in [0.1, 0.15) is 5.75 Å². The molecule has 0 saturated heterocycles. The molecule has 0 aliphatic carbocycles. The van der Waals surface area contributed by atoms with Gasteiger partial charge < -0.3 is 4.74 Å². The highest BCUT2D eigenvalue weighted by Gasteiger charge is 2.17. The molecule has 92 valence electrons. The second kappa shape index (κ2) is 5.01. The van der Waals surface area contributed by atoms with Gasteiger partial charge in [0.05, 0.1) is 9.95 Å². The van der Waals surface area contributed by atoms with Crippen molar-refractivity contribution in [3.8, 4) is 11.6 Å². The zero-order valence-corrected chi connectivity index (χ0v) is 10.2. The van der Waals surface area contributed by atoms with Crippen molar-refractivity contribution in [3.63, 3.8) is 0 Å². The smallest absolute Gasteiger partial charge is 0.331 e. The van der Waals surface area contributed by atoms with E-state index < -0.39 is 4.92 Å². The van der Waals surface area contributed by atoms with Gasteiger partial charge in [0.15, 0.2) is 0 Å². The summed E-state index contributed by atoms with van der Waals surface area (Å²) in [4.78, 5) is 14.1. The van der Waals surface area contributed by atoms with Crippen LogP contribution in [0.4, 0.5) is 5.69 Å². The van der Waals surface area contributed by atoms with Crippen molar-refractivity contribution in [2.45, 2.75) is 6.92 Å². The molecule has 1 aromatic carbocycles. The second-order valence-corrected chi connectivity index (χ2v) is 4.03. The van der Waals surface area contributed by atoms with E-state index in [9.17, 15) is 10.1 Å². The summed E-state index contributed by atoms with van der Waals surface area (Å²) < 4.78 is 5.40. The Hall–Kier alpha value is -2.14. The van der Waals surface area contributed by atoms with Gasteiger partial charge in [-0.1, -0.05) is 17.7 Å². The Morgan fingerprint density at radius 2 is 2.17 bits per heavy atom. The van der Waals surface area contributed by atoms with Gasteiger partial charge in [-0.3, -0.25) is 10.1 Å². The quantitative estimate of drug-likeness (QED) is 0.626. The molecule has 2 rings (SSSR count). The fraction of sp³-hybridized carbons (Fsp3) is 0.0833. The molecule has 0 spiro atoms. The van der Waals surface area contributed by atoms with E-state index in [1.807, 2.05) is 13.0 Å². The number of nitro groups is 1. The van der Waals surface area contributed by atoms with E-state index in [0.29, 0.717) is 10.8 Å². The summed E-state index contributed by atoms with van der Waals surface area (Å²) in [5.74, 6) is 0.272. The van der Waals surface area contributed by atoms with Crippen molar-refractivity contribution in [2.24, 2.45) is 0 Å². The first-order chi connectivity index (χ1) is 8.58. The molecule has 0 N–H and O–H groups in total. The predicted octanol–water partition coefficient (Wildman–Crippen LogP) is 3.74. The maximum absolute atomic E-state index is 10.8. The fourth-order valence-corrected chi connectivity index (χ4v) is 1.55. The molecule has 5 nitrogen and oxygen atoms in total. The minimum atomic E-state index is -0.550. The fourth-order valence-electron chi connectivity index (χ4n) is 1.39. The maximum atomic E-state index is 10.8. The zero-order valence-electron chi connectivity index (χ0n) is 9.46.